The smallest absolute Gasteiger partial charge is 0.308 e. The van der Waals surface area contributed by atoms with E-state index in [0.717, 1.165) is 12.1 Å². The fraction of sp³-hybridized carbons (Fsp3) is 0.385. The van der Waals surface area contributed by atoms with Crippen LogP contribution in [0, 0.1) is 23.5 Å². The van der Waals surface area contributed by atoms with Gasteiger partial charge in [0.05, 0.1) is 5.92 Å². The molecule has 1 aromatic rings. The molecule has 1 aliphatic heterocycles. The maximum atomic E-state index is 13.1. The van der Waals surface area contributed by atoms with Crippen LogP contribution in [0.15, 0.2) is 18.2 Å². The first-order valence-corrected chi connectivity index (χ1v) is 5.86. The Hall–Kier alpha value is -1.98. The molecule has 1 aromatic carbocycles. The molecule has 1 heterocycles. The van der Waals surface area contributed by atoms with Gasteiger partial charge in [0.25, 0.3) is 5.91 Å². The summed E-state index contributed by atoms with van der Waals surface area (Å²) in [5, 5.41) is 8.98. The Balaban J connectivity index is 2.19. The third-order valence-corrected chi connectivity index (χ3v) is 3.33. The van der Waals surface area contributed by atoms with Gasteiger partial charge in [-0.15, -0.1) is 0 Å². The molecule has 4 nitrogen and oxygen atoms in total. The largest absolute Gasteiger partial charge is 0.481 e. The molecule has 2 atom stereocenters. The van der Waals surface area contributed by atoms with E-state index in [4.69, 9.17) is 5.11 Å². The number of carboxylic acids is 1. The first kappa shape index (κ1) is 13.5. The van der Waals surface area contributed by atoms with Gasteiger partial charge in [-0.1, -0.05) is 6.92 Å². The summed E-state index contributed by atoms with van der Waals surface area (Å²) >= 11 is 0. The summed E-state index contributed by atoms with van der Waals surface area (Å²) in [5.41, 5.74) is -0.101. The standard InChI is InChI=1S/C13H13F2NO3/c1-7-5-16(6-11(7)13(18)19)12(17)8-2-9(14)4-10(15)3-8/h2-4,7,11H,5-6H2,1H3,(H,18,19). The van der Waals surface area contributed by atoms with Crippen LogP contribution in [0.4, 0.5) is 8.78 Å². The Kier molecular flexibility index (Phi) is 3.50. The van der Waals surface area contributed by atoms with E-state index in [2.05, 4.69) is 0 Å². The monoisotopic (exact) mass is 269 g/mol. The van der Waals surface area contributed by atoms with Gasteiger partial charge >= 0.3 is 5.97 Å². The number of hydrogen-bond acceptors (Lipinski definition) is 2. The maximum absolute atomic E-state index is 13.1. The van der Waals surface area contributed by atoms with Gasteiger partial charge in [0.15, 0.2) is 0 Å². The number of carbonyl (C=O) groups excluding carboxylic acids is 1. The fourth-order valence-corrected chi connectivity index (χ4v) is 2.31. The van der Waals surface area contributed by atoms with Crippen LogP contribution in [0.25, 0.3) is 0 Å². The number of carboxylic acid groups (broad SMARTS) is 1. The zero-order valence-corrected chi connectivity index (χ0v) is 10.3. The molecule has 1 N–H and O–H groups in total. The second kappa shape index (κ2) is 4.95. The van der Waals surface area contributed by atoms with Crippen molar-refractivity contribution in [3.8, 4) is 0 Å². The van der Waals surface area contributed by atoms with Crippen molar-refractivity contribution in [1.82, 2.24) is 4.90 Å². The van der Waals surface area contributed by atoms with Gasteiger partial charge < -0.3 is 10.0 Å². The van der Waals surface area contributed by atoms with Crippen molar-refractivity contribution in [2.45, 2.75) is 6.92 Å². The second-order valence-electron chi connectivity index (χ2n) is 4.79. The lowest BCUT2D eigenvalue weighted by molar-refractivity contribution is -0.142. The number of likely N-dealkylation sites (tertiary alicyclic amines) is 1. The van der Waals surface area contributed by atoms with Gasteiger partial charge in [-0.25, -0.2) is 8.78 Å². The van der Waals surface area contributed by atoms with E-state index < -0.39 is 29.4 Å². The zero-order chi connectivity index (χ0) is 14.2. The van der Waals surface area contributed by atoms with E-state index in [1.54, 1.807) is 6.92 Å². The minimum absolute atomic E-state index is 0.0630. The molecule has 0 spiro atoms. The van der Waals surface area contributed by atoms with Crippen molar-refractivity contribution in [1.29, 1.82) is 0 Å². The van der Waals surface area contributed by atoms with Gasteiger partial charge in [0.2, 0.25) is 0 Å². The van der Waals surface area contributed by atoms with Crippen molar-refractivity contribution in [2.24, 2.45) is 11.8 Å². The zero-order valence-electron chi connectivity index (χ0n) is 10.3. The summed E-state index contributed by atoms with van der Waals surface area (Å²) in [6.07, 6.45) is 0. The maximum Gasteiger partial charge on any atom is 0.308 e. The Bertz CT molecular complexity index is 512. The van der Waals surface area contributed by atoms with Crippen LogP contribution in [0.5, 0.6) is 0 Å². The van der Waals surface area contributed by atoms with Crippen LogP contribution in [0.2, 0.25) is 0 Å². The van der Waals surface area contributed by atoms with Gasteiger partial charge in [-0.05, 0) is 18.1 Å². The lowest BCUT2D eigenvalue weighted by Gasteiger charge is -2.16. The summed E-state index contributed by atoms with van der Waals surface area (Å²) in [6.45, 7) is 2.07. The number of rotatable bonds is 2. The topological polar surface area (TPSA) is 57.6 Å². The third kappa shape index (κ3) is 2.72. The number of amides is 1. The first-order valence-electron chi connectivity index (χ1n) is 5.86. The van der Waals surface area contributed by atoms with Gasteiger partial charge in [-0.2, -0.15) is 0 Å². The number of aliphatic carboxylic acids is 1. The van der Waals surface area contributed by atoms with Crippen LogP contribution in [0.3, 0.4) is 0 Å². The number of benzene rings is 1. The lowest BCUT2D eigenvalue weighted by atomic mass is 9.99. The highest BCUT2D eigenvalue weighted by molar-refractivity contribution is 5.94. The highest BCUT2D eigenvalue weighted by atomic mass is 19.1. The molecule has 0 saturated carbocycles. The summed E-state index contributed by atoms with van der Waals surface area (Å²) < 4.78 is 26.1. The van der Waals surface area contributed by atoms with Crippen LogP contribution in [0.1, 0.15) is 17.3 Å². The molecule has 0 aliphatic carbocycles. The number of nitrogens with zero attached hydrogens (tertiary/aromatic N) is 1. The molecule has 0 bridgehead atoms. The summed E-state index contributed by atoms with van der Waals surface area (Å²) in [6, 6.07) is 2.58. The molecule has 19 heavy (non-hydrogen) atoms. The molecule has 6 heteroatoms. The first-order chi connectivity index (χ1) is 8.88. The molecule has 2 rings (SSSR count). The predicted octanol–water partition coefficient (Wildman–Crippen LogP) is 1.76. The Morgan fingerprint density at radius 2 is 1.79 bits per heavy atom. The minimum atomic E-state index is -0.965. The van der Waals surface area contributed by atoms with E-state index in [-0.39, 0.29) is 24.6 Å². The number of hydrogen-bond donors (Lipinski definition) is 1. The Labute approximate surface area is 108 Å². The van der Waals surface area contributed by atoms with E-state index in [1.165, 1.54) is 4.90 Å². The normalized spacial score (nSPS) is 22.6. The van der Waals surface area contributed by atoms with E-state index in [1.807, 2.05) is 0 Å². The molecule has 1 fully saturated rings. The van der Waals surface area contributed by atoms with Crippen molar-refractivity contribution < 1.29 is 23.5 Å². The summed E-state index contributed by atoms with van der Waals surface area (Å²) in [5.74, 6) is -3.99. The third-order valence-electron chi connectivity index (χ3n) is 3.33. The molecule has 2 unspecified atom stereocenters. The van der Waals surface area contributed by atoms with Crippen molar-refractivity contribution >= 4 is 11.9 Å². The molecule has 0 radical (unpaired) electrons. The summed E-state index contributed by atoms with van der Waals surface area (Å²) in [7, 11) is 0. The number of carbonyl (C=O) groups is 2. The van der Waals surface area contributed by atoms with Gasteiger partial charge in [0, 0.05) is 24.7 Å². The van der Waals surface area contributed by atoms with Crippen molar-refractivity contribution in [2.75, 3.05) is 13.1 Å². The molecular weight excluding hydrogens is 256 g/mol. The van der Waals surface area contributed by atoms with Crippen molar-refractivity contribution in [3.63, 3.8) is 0 Å². The van der Waals surface area contributed by atoms with Crippen LogP contribution < -0.4 is 0 Å². The van der Waals surface area contributed by atoms with Crippen LogP contribution in [-0.4, -0.2) is 35.0 Å². The van der Waals surface area contributed by atoms with E-state index in [9.17, 15) is 18.4 Å². The highest BCUT2D eigenvalue weighted by Crippen LogP contribution is 2.25. The van der Waals surface area contributed by atoms with Crippen LogP contribution in [-0.2, 0) is 4.79 Å². The Morgan fingerprint density at radius 1 is 1.21 bits per heavy atom. The predicted molar refractivity (Wildman–Crippen MR) is 62.6 cm³/mol. The average molecular weight is 269 g/mol. The highest BCUT2D eigenvalue weighted by Gasteiger charge is 2.37. The molecule has 0 aromatic heterocycles. The molecule has 102 valence electrons. The molecule has 1 aliphatic rings. The molecular formula is C13H13F2NO3. The molecule has 1 saturated heterocycles. The molecule has 1 amide bonds. The lowest BCUT2D eigenvalue weighted by Crippen LogP contribution is -2.30. The number of halogens is 2. The SMILES string of the molecule is CC1CN(C(=O)c2cc(F)cc(F)c2)CC1C(=O)O. The Morgan fingerprint density at radius 3 is 2.26 bits per heavy atom. The van der Waals surface area contributed by atoms with Gasteiger partial charge in [-0.3, -0.25) is 9.59 Å². The second-order valence-corrected chi connectivity index (χ2v) is 4.79. The van der Waals surface area contributed by atoms with E-state index >= 15 is 0 Å². The quantitative estimate of drug-likeness (QED) is 0.890. The van der Waals surface area contributed by atoms with Crippen LogP contribution >= 0.6 is 0 Å². The fourth-order valence-electron chi connectivity index (χ4n) is 2.31. The van der Waals surface area contributed by atoms with E-state index in [0.29, 0.717) is 6.07 Å². The summed E-state index contributed by atoms with van der Waals surface area (Å²) in [4.78, 5) is 24.3. The minimum Gasteiger partial charge on any atom is -0.481 e. The van der Waals surface area contributed by atoms with Crippen molar-refractivity contribution in [3.05, 3.63) is 35.4 Å². The average Bonchev–Trinajstić information content (AvgIpc) is 2.69. The van der Waals surface area contributed by atoms with Gasteiger partial charge in [0.1, 0.15) is 11.6 Å².